The maximum absolute atomic E-state index is 10.3. The van der Waals surface area contributed by atoms with Gasteiger partial charge in [0.15, 0.2) is 0 Å². The highest BCUT2D eigenvalue weighted by molar-refractivity contribution is 9.10. The molecular weight excluding hydrogens is 248 g/mol. The van der Waals surface area contributed by atoms with Crippen molar-refractivity contribution in [3.8, 4) is 0 Å². The molecule has 1 rings (SSSR count). The number of carbonyl (C=O) groups is 1. The summed E-state index contributed by atoms with van der Waals surface area (Å²) in [7, 11) is 0. The highest BCUT2D eigenvalue weighted by atomic mass is 79.9. The molecule has 0 amide bonds. The molecule has 0 fully saturated rings. The van der Waals surface area contributed by atoms with Gasteiger partial charge in [-0.05, 0) is 23.6 Å². The van der Waals surface area contributed by atoms with Gasteiger partial charge in [-0.1, -0.05) is 28.1 Å². The van der Waals surface area contributed by atoms with Crippen molar-refractivity contribution in [1.29, 1.82) is 0 Å². The maximum atomic E-state index is 10.3. The topological polar surface area (TPSA) is 57.5 Å². The molecule has 1 aromatic carbocycles. The van der Waals surface area contributed by atoms with E-state index in [1.165, 1.54) is 0 Å². The summed E-state index contributed by atoms with van der Waals surface area (Å²) in [6.45, 7) is -0.0141. The first-order chi connectivity index (χ1) is 6.63. The van der Waals surface area contributed by atoms with Crippen LogP contribution in [0.15, 0.2) is 22.7 Å². The molecule has 0 saturated carbocycles. The molecule has 4 heteroatoms. The van der Waals surface area contributed by atoms with Crippen molar-refractivity contribution in [1.82, 2.24) is 0 Å². The number of benzene rings is 1. The molecule has 0 bridgehead atoms. The van der Waals surface area contributed by atoms with E-state index in [1.807, 2.05) is 12.1 Å². The molecule has 0 radical (unpaired) electrons. The number of carboxylic acid groups (broad SMARTS) is 1. The van der Waals surface area contributed by atoms with Crippen LogP contribution in [0.25, 0.3) is 0 Å². The van der Waals surface area contributed by atoms with E-state index in [9.17, 15) is 4.79 Å². The van der Waals surface area contributed by atoms with Crippen LogP contribution in [-0.2, 0) is 17.8 Å². The fourth-order valence-corrected chi connectivity index (χ4v) is 1.68. The van der Waals surface area contributed by atoms with Crippen molar-refractivity contribution in [2.45, 2.75) is 19.4 Å². The average molecular weight is 259 g/mol. The summed E-state index contributed by atoms with van der Waals surface area (Å²) in [5, 5.41) is 17.4. The Kier molecular flexibility index (Phi) is 4.10. The van der Waals surface area contributed by atoms with E-state index in [-0.39, 0.29) is 13.0 Å². The molecule has 0 atom stereocenters. The van der Waals surface area contributed by atoms with Crippen LogP contribution in [0.2, 0.25) is 0 Å². The van der Waals surface area contributed by atoms with Crippen LogP contribution in [-0.4, -0.2) is 16.2 Å². The molecule has 0 unspecified atom stereocenters. The average Bonchev–Trinajstić information content (AvgIpc) is 2.15. The van der Waals surface area contributed by atoms with Gasteiger partial charge in [0.25, 0.3) is 0 Å². The first-order valence-corrected chi connectivity index (χ1v) is 5.02. The molecule has 0 aliphatic rings. The Morgan fingerprint density at radius 1 is 1.43 bits per heavy atom. The van der Waals surface area contributed by atoms with Gasteiger partial charge in [-0.2, -0.15) is 0 Å². The minimum atomic E-state index is -0.799. The van der Waals surface area contributed by atoms with E-state index >= 15 is 0 Å². The SMILES string of the molecule is O=C(O)CCc1ccc(CO)c(Br)c1. The van der Waals surface area contributed by atoms with Gasteiger partial charge in [-0.3, -0.25) is 4.79 Å². The predicted molar refractivity (Wildman–Crippen MR) is 56.0 cm³/mol. The van der Waals surface area contributed by atoms with Gasteiger partial charge in [0, 0.05) is 10.9 Å². The summed E-state index contributed by atoms with van der Waals surface area (Å²) in [5.74, 6) is -0.799. The lowest BCUT2D eigenvalue weighted by Gasteiger charge is -2.03. The summed E-state index contributed by atoms with van der Waals surface area (Å²) in [6, 6.07) is 5.47. The Hall–Kier alpha value is -0.870. The number of aliphatic hydroxyl groups excluding tert-OH is 1. The van der Waals surface area contributed by atoms with E-state index in [0.29, 0.717) is 6.42 Å². The van der Waals surface area contributed by atoms with Crippen LogP contribution in [0.3, 0.4) is 0 Å². The first-order valence-electron chi connectivity index (χ1n) is 4.23. The van der Waals surface area contributed by atoms with Gasteiger partial charge in [-0.25, -0.2) is 0 Å². The third kappa shape index (κ3) is 3.12. The second kappa shape index (κ2) is 5.12. The monoisotopic (exact) mass is 258 g/mol. The molecule has 76 valence electrons. The zero-order valence-corrected chi connectivity index (χ0v) is 9.12. The number of rotatable bonds is 4. The number of aliphatic hydroxyl groups is 1. The van der Waals surface area contributed by atoms with E-state index in [0.717, 1.165) is 15.6 Å². The fourth-order valence-electron chi connectivity index (χ4n) is 1.13. The lowest BCUT2D eigenvalue weighted by molar-refractivity contribution is -0.136. The minimum Gasteiger partial charge on any atom is -0.481 e. The van der Waals surface area contributed by atoms with Gasteiger partial charge in [-0.15, -0.1) is 0 Å². The molecule has 0 aliphatic carbocycles. The molecule has 0 aromatic heterocycles. The molecule has 14 heavy (non-hydrogen) atoms. The van der Waals surface area contributed by atoms with Crippen LogP contribution in [0, 0.1) is 0 Å². The van der Waals surface area contributed by atoms with Crippen molar-refractivity contribution < 1.29 is 15.0 Å². The van der Waals surface area contributed by atoms with E-state index in [2.05, 4.69) is 15.9 Å². The smallest absolute Gasteiger partial charge is 0.303 e. The minimum absolute atomic E-state index is 0.0141. The van der Waals surface area contributed by atoms with E-state index < -0.39 is 5.97 Å². The third-order valence-electron chi connectivity index (χ3n) is 1.92. The van der Waals surface area contributed by atoms with Gasteiger partial charge in [0.2, 0.25) is 0 Å². The molecular formula is C10H11BrO3. The quantitative estimate of drug-likeness (QED) is 0.868. The number of aryl methyl sites for hydroxylation is 1. The lowest BCUT2D eigenvalue weighted by Crippen LogP contribution is -1.98. The Morgan fingerprint density at radius 2 is 2.14 bits per heavy atom. The number of hydrogen-bond donors (Lipinski definition) is 2. The highest BCUT2D eigenvalue weighted by Crippen LogP contribution is 2.19. The van der Waals surface area contributed by atoms with E-state index in [1.54, 1.807) is 6.07 Å². The molecule has 0 heterocycles. The van der Waals surface area contributed by atoms with Crippen LogP contribution in [0.1, 0.15) is 17.5 Å². The maximum Gasteiger partial charge on any atom is 0.303 e. The van der Waals surface area contributed by atoms with Gasteiger partial charge in [0.05, 0.1) is 6.61 Å². The van der Waals surface area contributed by atoms with Crippen molar-refractivity contribution in [2.75, 3.05) is 0 Å². The number of carboxylic acids is 1. The van der Waals surface area contributed by atoms with Gasteiger partial charge < -0.3 is 10.2 Å². The largest absolute Gasteiger partial charge is 0.481 e. The molecule has 1 aromatic rings. The summed E-state index contributed by atoms with van der Waals surface area (Å²) in [4.78, 5) is 10.3. The zero-order chi connectivity index (χ0) is 10.6. The second-order valence-electron chi connectivity index (χ2n) is 2.98. The summed E-state index contributed by atoms with van der Waals surface area (Å²) < 4.78 is 0.822. The van der Waals surface area contributed by atoms with Crippen molar-refractivity contribution >= 4 is 21.9 Å². The standard InChI is InChI=1S/C10H11BrO3/c11-9-5-7(2-4-10(13)14)1-3-8(9)6-12/h1,3,5,12H,2,4,6H2,(H,13,14). The molecule has 0 aliphatic heterocycles. The lowest BCUT2D eigenvalue weighted by atomic mass is 10.1. The van der Waals surface area contributed by atoms with E-state index in [4.69, 9.17) is 10.2 Å². The second-order valence-corrected chi connectivity index (χ2v) is 3.83. The molecule has 0 saturated heterocycles. The predicted octanol–water partition coefficient (Wildman–Crippen LogP) is 1.96. The van der Waals surface area contributed by atoms with Gasteiger partial charge in [0.1, 0.15) is 0 Å². The van der Waals surface area contributed by atoms with Crippen LogP contribution < -0.4 is 0 Å². The number of hydrogen-bond acceptors (Lipinski definition) is 2. The Labute approximate surface area is 90.5 Å². The number of aliphatic carboxylic acids is 1. The van der Waals surface area contributed by atoms with Crippen LogP contribution in [0.4, 0.5) is 0 Å². The first kappa shape index (κ1) is 11.2. The zero-order valence-electron chi connectivity index (χ0n) is 7.53. The fraction of sp³-hybridized carbons (Fsp3) is 0.300. The van der Waals surface area contributed by atoms with Crippen molar-refractivity contribution in [2.24, 2.45) is 0 Å². The highest BCUT2D eigenvalue weighted by Gasteiger charge is 2.02. The summed E-state index contributed by atoms with van der Waals surface area (Å²) in [5.41, 5.74) is 1.76. The Balaban J connectivity index is 2.71. The third-order valence-corrected chi connectivity index (χ3v) is 2.65. The molecule has 0 spiro atoms. The van der Waals surface area contributed by atoms with Crippen molar-refractivity contribution in [3.05, 3.63) is 33.8 Å². The van der Waals surface area contributed by atoms with Crippen molar-refractivity contribution in [3.63, 3.8) is 0 Å². The Bertz CT molecular complexity index is 336. The van der Waals surface area contributed by atoms with Crippen LogP contribution in [0.5, 0.6) is 0 Å². The molecule has 3 nitrogen and oxygen atoms in total. The van der Waals surface area contributed by atoms with Crippen LogP contribution >= 0.6 is 15.9 Å². The molecule has 2 N–H and O–H groups in total. The summed E-state index contributed by atoms with van der Waals surface area (Å²) >= 11 is 3.31. The van der Waals surface area contributed by atoms with Gasteiger partial charge >= 0.3 is 5.97 Å². The Morgan fingerprint density at radius 3 is 2.64 bits per heavy atom. The number of halogens is 1. The normalized spacial score (nSPS) is 10.1. The summed E-state index contributed by atoms with van der Waals surface area (Å²) in [6.07, 6.45) is 0.643.